The molecule has 0 aliphatic carbocycles. The Morgan fingerprint density at radius 3 is 2.89 bits per heavy atom. The zero-order valence-corrected chi connectivity index (χ0v) is 11.2. The highest BCUT2D eigenvalue weighted by Crippen LogP contribution is 2.14. The summed E-state index contributed by atoms with van der Waals surface area (Å²) >= 11 is 0. The Labute approximate surface area is 111 Å². The van der Waals surface area contributed by atoms with Crippen LogP contribution in [0, 0.1) is 5.82 Å². The second kappa shape index (κ2) is 5.82. The minimum atomic E-state index is -0.379. The molecule has 0 saturated carbocycles. The van der Waals surface area contributed by atoms with Crippen molar-refractivity contribution in [3.8, 4) is 0 Å². The molecule has 102 valence electrons. The van der Waals surface area contributed by atoms with Crippen molar-refractivity contribution in [2.24, 2.45) is 0 Å². The first-order valence-corrected chi connectivity index (χ1v) is 6.62. The second-order valence-electron chi connectivity index (χ2n) is 4.45. The van der Waals surface area contributed by atoms with Crippen LogP contribution >= 0.6 is 0 Å². The van der Waals surface area contributed by atoms with Crippen LogP contribution in [0.2, 0.25) is 0 Å². The van der Waals surface area contributed by atoms with Gasteiger partial charge in [-0.1, -0.05) is 20.3 Å². The number of pyridine rings is 1. The lowest BCUT2D eigenvalue weighted by atomic mass is 10.2. The predicted molar refractivity (Wildman–Crippen MR) is 71.8 cm³/mol. The summed E-state index contributed by atoms with van der Waals surface area (Å²) in [5.41, 5.74) is 1.73. The van der Waals surface area contributed by atoms with Crippen LogP contribution in [-0.2, 0) is 6.42 Å². The van der Waals surface area contributed by atoms with Crippen molar-refractivity contribution in [3.05, 3.63) is 35.5 Å². The Hall–Kier alpha value is -1.91. The van der Waals surface area contributed by atoms with Gasteiger partial charge in [-0.3, -0.25) is 9.20 Å². The Kier molecular flexibility index (Phi) is 4.14. The van der Waals surface area contributed by atoms with E-state index in [4.69, 9.17) is 0 Å². The Balaban J connectivity index is 2.39. The van der Waals surface area contributed by atoms with Crippen LogP contribution in [0.15, 0.2) is 18.3 Å². The van der Waals surface area contributed by atoms with Gasteiger partial charge in [0.05, 0.1) is 5.69 Å². The summed E-state index contributed by atoms with van der Waals surface area (Å²) < 4.78 is 14.8. The van der Waals surface area contributed by atoms with Crippen molar-refractivity contribution in [2.45, 2.75) is 33.1 Å². The lowest BCUT2D eigenvalue weighted by Gasteiger charge is -2.05. The number of rotatable bonds is 5. The van der Waals surface area contributed by atoms with Crippen LogP contribution in [0.1, 0.15) is 42.9 Å². The van der Waals surface area contributed by atoms with Crippen LogP contribution < -0.4 is 5.32 Å². The number of imidazole rings is 1. The molecular formula is C14H18FN3O. The van der Waals surface area contributed by atoms with Gasteiger partial charge in [0.1, 0.15) is 17.2 Å². The summed E-state index contributed by atoms with van der Waals surface area (Å²) in [5.74, 6) is -0.571. The fraction of sp³-hybridized carbons (Fsp3) is 0.429. The third kappa shape index (κ3) is 2.75. The molecule has 0 unspecified atom stereocenters. The van der Waals surface area contributed by atoms with Gasteiger partial charge in [0.15, 0.2) is 0 Å². The third-order valence-electron chi connectivity index (χ3n) is 3.02. The molecule has 2 heterocycles. The summed E-state index contributed by atoms with van der Waals surface area (Å²) in [6.07, 6.45) is 3.89. The molecule has 4 nitrogen and oxygen atoms in total. The molecule has 0 fully saturated rings. The van der Waals surface area contributed by atoms with Crippen molar-refractivity contribution >= 4 is 11.6 Å². The van der Waals surface area contributed by atoms with Gasteiger partial charge in [-0.2, -0.15) is 0 Å². The van der Waals surface area contributed by atoms with Crippen molar-refractivity contribution in [2.75, 3.05) is 6.54 Å². The van der Waals surface area contributed by atoms with Crippen molar-refractivity contribution in [1.29, 1.82) is 0 Å². The average molecular weight is 263 g/mol. The summed E-state index contributed by atoms with van der Waals surface area (Å²) in [6, 6.07) is 2.93. The Bertz CT molecular complexity index is 592. The number of nitrogens with zero attached hydrogens (tertiary/aromatic N) is 2. The van der Waals surface area contributed by atoms with E-state index in [1.165, 1.54) is 16.7 Å². The standard InChI is InChI=1S/C14H18FN3O/c1-3-5-8-16-14(19)13-11(4-2)17-12-7-6-10(15)9-18(12)13/h6-7,9H,3-5,8H2,1-2H3,(H,16,19). The molecule has 1 amide bonds. The van der Waals surface area contributed by atoms with E-state index in [-0.39, 0.29) is 11.7 Å². The van der Waals surface area contributed by atoms with E-state index in [1.54, 1.807) is 6.07 Å². The van der Waals surface area contributed by atoms with E-state index < -0.39 is 0 Å². The molecule has 0 aliphatic rings. The number of fused-ring (bicyclic) bond motifs is 1. The van der Waals surface area contributed by atoms with Gasteiger partial charge >= 0.3 is 0 Å². The molecule has 0 saturated heterocycles. The van der Waals surface area contributed by atoms with E-state index in [1.807, 2.05) is 6.92 Å². The van der Waals surface area contributed by atoms with Gasteiger partial charge in [0.2, 0.25) is 0 Å². The van der Waals surface area contributed by atoms with Crippen LogP contribution in [0.25, 0.3) is 5.65 Å². The molecule has 0 bridgehead atoms. The summed E-state index contributed by atoms with van der Waals surface area (Å²) in [7, 11) is 0. The smallest absolute Gasteiger partial charge is 0.270 e. The molecule has 1 N–H and O–H groups in total. The fourth-order valence-corrected chi connectivity index (χ4v) is 2.02. The number of aryl methyl sites for hydroxylation is 1. The number of aromatic nitrogens is 2. The number of unbranched alkanes of at least 4 members (excludes halogenated alkanes) is 1. The zero-order chi connectivity index (χ0) is 13.8. The van der Waals surface area contributed by atoms with Gasteiger partial charge < -0.3 is 5.32 Å². The maximum absolute atomic E-state index is 13.3. The van der Waals surface area contributed by atoms with E-state index in [2.05, 4.69) is 17.2 Å². The molecule has 0 spiro atoms. The fourth-order valence-electron chi connectivity index (χ4n) is 2.02. The summed E-state index contributed by atoms with van der Waals surface area (Å²) in [4.78, 5) is 16.5. The molecule has 0 atom stereocenters. The maximum Gasteiger partial charge on any atom is 0.270 e. The minimum Gasteiger partial charge on any atom is -0.351 e. The molecule has 2 rings (SSSR count). The number of carbonyl (C=O) groups excluding carboxylic acids is 1. The number of hydrogen-bond donors (Lipinski definition) is 1. The highest BCUT2D eigenvalue weighted by molar-refractivity contribution is 5.94. The minimum absolute atomic E-state index is 0.191. The maximum atomic E-state index is 13.3. The number of nitrogens with one attached hydrogen (secondary N) is 1. The SMILES string of the molecule is CCCCNC(=O)c1c(CC)nc2ccc(F)cn12. The largest absolute Gasteiger partial charge is 0.351 e. The van der Waals surface area contributed by atoms with Crippen molar-refractivity contribution in [1.82, 2.24) is 14.7 Å². The van der Waals surface area contributed by atoms with E-state index >= 15 is 0 Å². The second-order valence-corrected chi connectivity index (χ2v) is 4.45. The van der Waals surface area contributed by atoms with Gasteiger partial charge in [0, 0.05) is 12.7 Å². The van der Waals surface area contributed by atoms with Crippen LogP contribution in [0.3, 0.4) is 0 Å². The van der Waals surface area contributed by atoms with Crippen molar-refractivity contribution in [3.63, 3.8) is 0 Å². The van der Waals surface area contributed by atoms with Crippen LogP contribution in [0.4, 0.5) is 4.39 Å². The van der Waals surface area contributed by atoms with E-state index in [9.17, 15) is 9.18 Å². The molecule has 19 heavy (non-hydrogen) atoms. The van der Waals surface area contributed by atoms with E-state index in [0.29, 0.717) is 30.0 Å². The monoisotopic (exact) mass is 263 g/mol. The first kappa shape index (κ1) is 13.5. The molecule has 5 heteroatoms. The molecule has 0 aliphatic heterocycles. The Morgan fingerprint density at radius 1 is 1.42 bits per heavy atom. The summed E-state index contributed by atoms with van der Waals surface area (Å²) in [5, 5.41) is 2.85. The highest BCUT2D eigenvalue weighted by atomic mass is 19.1. The highest BCUT2D eigenvalue weighted by Gasteiger charge is 2.17. The predicted octanol–water partition coefficient (Wildman–Crippen LogP) is 2.57. The molecular weight excluding hydrogens is 245 g/mol. The summed E-state index contributed by atoms with van der Waals surface area (Å²) in [6.45, 7) is 4.62. The number of amides is 1. The molecule has 2 aromatic heterocycles. The normalized spacial score (nSPS) is 10.9. The lowest BCUT2D eigenvalue weighted by Crippen LogP contribution is -2.26. The van der Waals surface area contributed by atoms with Crippen LogP contribution in [0.5, 0.6) is 0 Å². The average Bonchev–Trinajstić information content (AvgIpc) is 2.76. The Morgan fingerprint density at radius 2 is 2.21 bits per heavy atom. The first-order chi connectivity index (χ1) is 9.17. The van der Waals surface area contributed by atoms with Gasteiger partial charge in [-0.25, -0.2) is 9.37 Å². The van der Waals surface area contributed by atoms with Gasteiger partial charge in [0.25, 0.3) is 5.91 Å². The van der Waals surface area contributed by atoms with E-state index in [0.717, 1.165) is 12.8 Å². The number of halogens is 1. The number of carbonyl (C=O) groups is 1. The molecule has 0 radical (unpaired) electrons. The van der Waals surface area contributed by atoms with Gasteiger partial charge in [-0.15, -0.1) is 0 Å². The van der Waals surface area contributed by atoms with Crippen LogP contribution in [-0.4, -0.2) is 21.8 Å². The van der Waals surface area contributed by atoms with Crippen molar-refractivity contribution < 1.29 is 9.18 Å². The third-order valence-corrected chi connectivity index (χ3v) is 3.02. The molecule has 0 aromatic carbocycles. The lowest BCUT2D eigenvalue weighted by molar-refractivity contribution is 0.0946. The topological polar surface area (TPSA) is 46.4 Å². The molecule has 2 aromatic rings. The quantitative estimate of drug-likeness (QED) is 0.843. The van der Waals surface area contributed by atoms with Gasteiger partial charge in [-0.05, 0) is 25.0 Å². The number of hydrogen-bond acceptors (Lipinski definition) is 2. The zero-order valence-electron chi connectivity index (χ0n) is 11.2. The first-order valence-electron chi connectivity index (χ1n) is 6.62.